The molecule has 0 aliphatic rings. The normalized spacial score (nSPS) is 10.4. The number of thiocarbonyl (C=S) groups is 1. The van der Waals surface area contributed by atoms with Crippen LogP contribution in [-0.2, 0) is 4.79 Å². The zero-order chi connectivity index (χ0) is 12.8. The molecule has 5 heteroatoms. The number of carboxylic acids is 1. The van der Waals surface area contributed by atoms with Crippen LogP contribution in [0.15, 0.2) is 30.3 Å². The molecule has 0 aliphatic carbocycles. The molecule has 0 saturated carbocycles. The molecule has 1 rings (SSSR count). The molecule has 17 heavy (non-hydrogen) atoms. The van der Waals surface area contributed by atoms with E-state index in [1.165, 1.54) is 0 Å². The number of rotatable bonds is 4. The van der Waals surface area contributed by atoms with Crippen LogP contribution < -0.4 is 10.6 Å². The molecule has 4 nitrogen and oxygen atoms in total. The summed E-state index contributed by atoms with van der Waals surface area (Å²) >= 11 is 4.86. The van der Waals surface area contributed by atoms with E-state index in [9.17, 15) is 4.79 Å². The number of carboxylic acid groups (broad SMARTS) is 1. The molecule has 0 spiro atoms. The van der Waals surface area contributed by atoms with Crippen LogP contribution in [0.2, 0.25) is 0 Å². The molecule has 0 saturated heterocycles. The van der Waals surface area contributed by atoms with Gasteiger partial charge < -0.3 is 15.7 Å². The first kappa shape index (κ1) is 13.2. The number of anilines is 1. The van der Waals surface area contributed by atoms with Gasteiger partial charge in [-0.25, -0.2) is 0 Å². The van der Waals surface area contributed by atoms with Crippen molar-refractivity contribution in [2.75, 3.05) is 11.9 Å². The summed E-state index contributed by atoms with van der Waals surface area (Å²) in [4.78, 5) is 12.0. The number of nitrogens with two attached hydrogens (primary N) is 1. The van der Waals surface area contributed by atoms with Gasteiger partial charge in [-0.1, -0.05) is 24.3 Å². The maximum Gasteiger partial charge on any atom is 0.307 e. The van der Waals surface area contributed by atoms with Crippen molar-refractivity contribution in [3.05, 3.63) is 35.9 Å². The lowest BCUT2D eigenvalue weighted by Crippen LogP contribution is -2.31. The minimum Gasteiger partial charge on any atom is -0.481 e. The topological polar surface area (TPSA) is 66.6 Å². The lowest BCUT2D eigenvalue weighted by atomic mass is 10.2. The molecule has 0 amide bonds. The van der Waals surface area contributed by atoms with Crippen LogP contribution in [0.5, 0.6) is 0 Å². The largest absolute Gasteiger partial charge is 0.481 e. The SMILES string of the molecule is CN(C(N)=S)c1ccc(C=CCC(=O)O)cc1. The van der Waals surface area contributed by atoms with E-state index in [0.29, 0.717) is 5.11 Å². The van der Waals surface area contributed by atoms with Crippen LogP contribution in [0.1, 0.15) is 12.0 Å². The second-order valence-electron chi connectivity index (χ2n) is 3.49. The van der Waals surface area contributed by atoms with Crippen molar-refractivity contribution in [2.45, 2.75) is 6.42 Å². The van der Waals surface area contributed by atoms with Gasteiger partial charge >= 0.3 is 5.97 Å². The number of carbonyl (C=O) groups is 1. The van der Waals surface area contributed by atoms with Gasteiger partial charge in [0.1, 0.15) is 0 Å². The Bertz CT molecular complexity index is 440. The van der Waals surface area contributed by atoms with Crippen LogP contribution in [0, 0.1) is 0 Å². The van der Waals surface area contributed by atoms with Crippen molar-refractivity contribution in [1.82, 2.24) is 0 Å². The maximum atomic E-state index is 10.3. The van der Waals surface area contributed by atoms with Gasteiger partial charge in [-0.05, 0) is 29.9 Å². The summed E-state index contributed by atoms with van der Waals surface area (Å²) in [6.07, 6.45) is 3.39. The highest BCUT2D eigenvalue weighted by atomic mass is 32.1. The fourth-order valence-electron chi connectivity index (χ4n) is 1.23. The maximum absolute atomic E-state index is 10.3. The van der Waals surface area contributed by atoms with E-state index < -0.39 is 5.97 Å². The fraction of sp³-hybridized carbons (Fsp3) is 0.167. The van der Waals surface area contributed by atoms with E-state index in [0.717, 1.165) is 11.3 Å². The van der Waals surface area contributed by atoms with Crippen molar-refractivity contribution in [3.63, 3.8) is 0 Å². The summed E-state index contributed by atoms with van der Waals surface area (Å²) in [5.74, 6) is -0.842. The standard InChI is InChI=1S/C12H14N2O2S/c1-14(12(13)17)10-7-5-9(6-8-10)3-2-4-11(15)16/h2-3,5-8H,4H2,1H3,(H2,13,17)(H,15,16). The average Bonchev–Trinajstić information content (AvgIpc) is 2.28. The van der Waals surface area contributed by atoms with Gasteiger partial charge in [0, 0.05) is 12.7 Å². The van der Waals surface area contributed by atoms with Crippen LogP contribution in [0.3, 0.4) is 0 Å². The molecular formula is C12H14N2O2S. The number of hydrogen-bond donors (Lipinski definition) is 2. The molecule has 90 valence electrons. The van der Waals surface area contributed by atoms with Gasteiger partial charge in [0.2, 0.25) is 0 Å². The van der Waals surface area contributed by atoms with Crippen molar-refractivity contribution in [1.29, 1.82) is 0 Å². The molecule has 0 aliphatic heterocycles. The lowest BCUT2D eigenvalue weighted by molar-refractivity contribution is -0.135. The Labute approximate surface area is 105 Å². The van der Waals surface area contributed by atoms with E-state index in [2.05, 4.69) is 0 Å². The molecule has 0 fully saturated rings. The predicted molar refractivity (Wildman–Crippen MR) is 72.9 cm³/mol. The Kier molecular flexibility index (Phi) is 4.66. The summed E-state index contributed by atoms with van der Waals surface area (Å²) in [7, 11) is 1.79. The summed E-state index contributed by atoms with van der Waals surface area (Å²) in [5, 5.41) is 8.79. The first-order chi connectivity index (χ1) is 8.00. The molecule has 0 atom stereocenters. The van der Waals surface area contributed by atoms with E-state index in [-0.39, 0.29) is 6.42 Å². The first-order valence-electron chi connectivity index (χ1n) is 5.02. The summed E-state index contributed by atoms with van der Waals surface area (Å²) in [5.41, 5.74) is 7.33. The van der Waals surface area contributed by atoms with Crippen LogP contribution >= 0.6 is 12.2 Å². The average molecular weight is 250 g/mol. The van der Waals surface area contributed by atoms with Crippen molar-refractivity contribution in [2.24, 2.45) is 5.73 Å². The number of benzene rings is 1. The van der Waals surface area contributed by atoms with Crippen LogP contribution in [0.25, 0.3) is 6.08 Å². The Hall–Kier alpha value is -1.88. The Morgan fingerprint density at radius 3 is 2.53 bits per heavy atom. The Balaban J connectivity index is 2.71. The minimum absolute atomic E-state index is 0.0224. The second-order valence-corrected chi connectivity index (χ2v) is 3.91. The summed E-state index contributed by atoms with van der Waals surface area (Å²) < 4.78 is 0. The van der Waals surface area contributed by atoms with Gasteiger partial charge in [0.05, 0.1) is 6.42 Å². The number of hydrogen-bond acceptors (Lipinski definition) is 2. The third-order valence-corrected chi connectivity index (χ3v) is 2.49. The quantitative estimate of drug-likeness (QED) is 0.798. The second kappa shape index (κ2) is 6.00. The van der Waals surface area contributed by atoms with Gasteiger partial charge in [-0.15, -0.1) is 0 Å². The number of nitrogens with zero attached hydrogens (tertiary/aromatic N) is 1. The van der Waals surface area contributed by atoms with E-state index in [4.69, 9.17) is 23.1 Å². The van der Waals surface area contributed by atoms with Gasteiger partial charge in [0.15, 0.2) is 5.11 Å². The van der Waals surface area contributed by atoms with Crippen molar-refractivity contribution in [3.8, 4) is 0 Å². The van der Waals surface area contributed by atoms with Crippen molar-refractivity contribution < 1.29 is 9.90 Å². The summed E-state index contributed by atoms with van der Waals surface area (Å²) in [6, 6.07) is 7.50. The molecular weight excluding hydrogens is 236 g/mol. The predicted octanol–water partition coefficient (Wildman–Crippen LogP) is 1.85. The molecule has 0 heterocycles. The van der Waals surface area contributed by atoms with Gasteiger partial charge in [-0.2, -0.15) is 0 Å². The third-order valence-electron chi connectivity index (χ3n) is 2.21. The molecule has 0 bridgehead atoms. The molecule has 0 unspecified atom stereocenters. The van der Waals surface area contributed by atoms with Crippen molar-refractivity contribution >= 4 is 35.1 Å². The smallest absolute Gasteiger partial charge is 0.307 e. The first-order valence-corrected chi connectivity index (χ1v) is 5.43. The molecule has 3 N–H and O–H groups in total. The zero-order valence-corrected chi connectivity index (χ0v) is 10.3. The highest BCUT2D eigenvalue weighted by Gasteiger charge is 2.01. The minimum atomic E-state index is -0.842. The Morgan fingerprint density at radius 2 is 2.06 bits per heavy atom. The fourth-order valence-corrected chi connectivity index (χ4v) is 1.34. The van der Waals surface area contributed by atoms with Crippen LogP contribution in [0.4, 0.5) is 5.69 Å². The highest BCUT2D eigenvalue weighted by molar-refractivity contribution is 7.80. The van der Waals surface area contributed by atoms with Gasteiger partial charge in [0.25, 0.3) is 0 Å². The molecule has 1 aromatic carbocycles. The number of aliphatic carboxylic acids is 1. The molecule has 0 radical (unpaired) electrons. The monoisotopic (exact) mass is 250 g/mol. The van der Waals surface area contributed by atoms with Gasteiger partial charge in [-0.3, -0.25) is 4.79 Å². The highest BCUT2D eigenvalue weighted by Crippen LogP contribution is 2.14. The van der Waals surface area contributed by atoms with E-state index in [1.54, 1.807) is 24.1 Å². The zero-order valence-electron chi connectivity index (χ0n) is 9.46. The Morgan fingerprint density at radius 1 is 1.47 bits per heavy atom. The van der Waals surface area contributed by atoms with E-state index >= 15 is 0 Å². The van der Waals surface area contributed by atoms with E-state index in [1.807, 2.05) is 24.3 Å². The van der Waals surface area contributed by atoms with Crippen LogP contribution in [-0.4, -0.2) is 23.2 Å². The third kappa shape index (κ3) is 4.24. The molecule has 0 aromatic heterocycles. The lowest BCUT2D eigenvalue weighted by Gasteiger charge is -2.16. The summed E-state index contributed by atoms with van der Waals surface area (Å²) in [6.45, 7) is 0. The molecule has 1 aromatic rings.